The number of primary amides is 1. The van der Waals surface area contributed by atoms with Gasteiger partial charge in [-0.2, -0.15) is 0 Å². The normalized spacial score (nSPS) is 10.1. The van der Waals surface area contributed by atoms with E-state index in [1.807, 2.05) is 13.0 Å². The predicted molar refractivity (Wildman–Crippen MR) is 101 cm³/mol. The van der Waals surface area contributed by atoms with Crippen molar-refractivity contribution in [2.45, 2.75) is 13.3 Å². The van der Waals surface area contributed by atoms with Crippen LogP contribution in [-0.4, -0.2) is 38.0 Å². The molecule has 0 aliphatic heterocycles. The number of ether oxygens (including phenoxy) is 2. The minimum Gasteiger partial charge on any atom is -0.483 e. The molecule has 2 rings (SSSR count). The molecule has 7 nitrogen and oxygen atoms in total. The van der Waals surface area contributed by atoms with Crippen molar-refractivity contribution in [3.05, 3.63) is 59.7 Å². The number of carbonyl (C=O) groups excluding carboxylic acids is 3. The van der Waals surface area contributed by atoms with E-state index in [-0.39, 0.29) is 25.5 Å². The van der Waals surface area contributed by atoms with Crippen molar-refractivity contribution in [2.75, 3.05) is 25.2 Å². The average molecular weight is 370 g/mol. The molecule has 0 aliphatic rings. The van der Waals surface area contributed by atoms with Gasteiger partial charge in [-0.25, -0.2) is 4.79 Å². The third-order valence-electron chi connectivity index (χ3n) is 3.91. The Morgan fingerprint density at radius 2 is 1.78 bits per heavy atom. The van der Waals surface area contributed by atoms with E-state index in [1.165, 1.54) is 18.1 Å². The van der Waals surface area contributed by atoms with Gasteiger partial charge in [-0.05, 0) is 36.8 Å². The van der Waals surface area contributed by atoms with Gasteiger partial charge in [0.15, 0.2) is 6.61 Å². The molecule has 0 spiro atoms. The van der Waals surface area contributed by atoms with Crippen LogP contribution in [0.1, 0.15) is 22.3 Å². The highest BCUT2D eigenvalue weighted by Gasteiger charge is 2.18. The predicted octanol–water partition coefficient (Wildman–Crippen LogP) is 2.07. The Hall–Kier alpha value is -3.35. The van der Waals surface area contributed by atoms with Gasteiger partial charge in [-0.3, -0.25) is 9.59 Å². The van der Waals surface area contributed by atoms with E-state index in [4.69, 9.17) is 15.2 Å². The number of hydrogen-bond acceptors (Lipinski definition) is 5. The Morgan fingerprint density at radius 3 is 2.41 bits per heavy atom. The Balaban J connectivity index is 2.13. The van der Waals surface area contributed by atoms with E-state index in [2.05, 4.69) is 0 Å². The van der Waals surface area contributed by atoms with Crippen LogP contribution in [0.3, 0.4) is 0 Å². The highest BCUT2D eigenvalue weighted by Crippen LogP contribution is 2.21. The molecule has 0 radical (unpaired) electrons. The minimum atomic E-state index is -0.494. The summed E-state index contributed by atoms with van der Waals surface area (Å²) in [5.74, 6) is -0.899. The molecule has 2 aromatic rings. The van der Waals surface area contributed by atoms with Crippen molar-refractivity contribution in [3.8, 4) is 5.75 Å². The molecule has 0 aliphatic carbocycles. The summed E-state index contributed by atoms with van der Waals surface area (Å²) in [5, 5.41) is 0. The Bertz CT molecular complexity index is 820. The standard InChI is InChI=1S/C20H22N2O5/c1-14-8-9-15(20(25)26-2)12-17(14)27-13-19(24)22(11-10-18(21)23)16-6-4-3-5-7-16/h3-9,12H,10-11,13H2,1-2H3,(H2,21,23). The van der Waals surface area contributed by atoms with E-state index >= 15 is 0 Å². The van der Waals surface area contributed by atoms with E-state index in [0.717, 1.165) is 5.56 Å². The Labute approximate surface area is 157 Å². The van der Waals surface area contributed by atoms with E-state index in [1.54, 1.807) is 36.4 Å². The quantitative estimate of drug-likeness (QED) is 0.717. The van der Waals surface area contributed by atoms with Crippen molar-refractivity contribution >= 4 is 23.5 Å². The second kappa shape index (κ2) is 9.38. The molecule has 2 amide bonds. The van der Waals surface area contributed by atoms with Gasteiger partial charge < -0.3 is 20.1 Å². The molecular weight excluding hydrogens is 348 g/mol. The fourth-order valence-electron chi connectivity index (χ4n) is 2.45. The second-order valence-electron chi connectivity index (χ2n) is 5.86. The monoisotopic (exact) mass is 370 g/mol. The molecule has 0 fully saturated rings. The lowest BCUT2D eigenvalue weighted by Crippen LogP contribution is -2.37. The summed E-state index contributed by atoms with van der Waals surface area (Å²) < 4.78 is 10.3. The van der Waals surface area contributed by atoms with Crippen LogP contribution in [0.4, 0.5) is 5.69 Å². The molecule has 7 heteroatoms. The first-order valence-corrected chi connectivity index (χ1v) is 8.38. The van der Waals surface area contributed by atoms with Crippen LogP contribution in [0.5, 0.6) is 5.75 Å². The van der Waals surface area contributed by atoms with Crippen molar-refractivity contribution in [1.82, 2.24) is 0 Å². The molecule has 0 saturated heterocycles. The van der Waals surface area contributed by atoms with E-state index in [0.29, 0.717) is 17.0 Å². The largest absolute Gasteiger partial charge is 0.483 e. The van der Waals surface area contributed by atoms with E-state index < -0.39 is 11.9 Å². The summed E-state index contributed by atoms with van der Waals surface area (Å²) in [5.41, 5.74) is 6.97. The molecule has 2 aromatic carbocycles. The molecule has 27 heavy (non-hydrogen) atoms. The summed E-state index contributed by atoms with van der Waals surface area (Å²) in [7, 11) is 1.29. The number of anilines is 1. The topological polar surface area (TPSA) is 98.9 Å². The highest BCUT2D eigenvalue weighted by molar-refractivity contribution is 5.95. The number of para-hydroxylation sites is 1. The first-order chi connectivity index (χ1) is 12.9. The van der Waals surface area contributed by atoms with Crippen molar-refractivity contribution < 1.29 is 23.9 Å². The van der Waals surface area contributed by atoms with Crippen LogP contribution >= 0.6 is 0 Å². The molecule has 0 heterocycles. The number of methoxy groups -OCH3 is 1. The number of aryl methyl sites for hydroxylation is 1. The van der Waals surface area contributed by atoms with Crippen molar-refractivity contribution in [2.24, 2.45) is 5.73 Å². The van der Waals surface area contributed by atoms with Crippen molar-refractivity contribution in [3.63, 3.8) is 0 Å². The van der Waals surface area contributed by atoms with Crippen LogP contribution in [0, 0.1) is 6.92 Å². The van der Waals surface area contributed by atoms with Gasteiger partial charge in [0.2, 0.25) is 5.91 Å². The SMILES string of the molecule is COC(=O)c1ccc(C)c(OCC(=O)N(CCC(N)=O)c2ccccc2)c1. The summed E-state index contributed by atoms with van der Waals surface area (Å²) in [6.07, 6.45) is 0.0392. The maximum Gasteiger partial charge on any atom is 0.337 e. The Morgan fingerprint density at radius 1 is 1.07 bits per heavy atom. The van der Waals surface area contributed by atoms with Crippen LogP contribution in [0.25, 0.3) is 0 Å². The molecule has 0 bridgehead atoms. The van der Waals surface area contributed by atoms with Crippen LogP contribution in [-0.2, 0) is 14.3 Å². The summed E-state index contributed by atoms with van der Waals surface area (Å²) in [4.78, 5) is 36.9. The zero-order valence-corrected chi connectivity index (χ0v) is 15.3. The number of benzene rings is 2. The molecule has 0 unspecified atom stereocenters. The summed E-state index contributed by atoms with van der Waals surface area (Å²) in [6, 6.07) is 13.8. The third-order valence-corrected chi connectivity index (χ3v) is 3.91. The van der Waals surface area contributed by atoms with Crippen molar-refractivity contribution in [1.29, 1.82) is 0 Å². The third kappa shape index (κ3) is 5.57. The molecule has 2 N–H and O–H groups in total. The Kier molecular flexibility index (Phi) is 6.93. The van der Waals surface area contributed by atoms with Crippen LogP contribution in [0.15, 0.2) is 48.5 Å². The molecule has 0 atom stereocenters. The zero-order valence-electron chi connectivity index (χ0n) is 15.3. The number of nitrogens with zero attached hydrogens (tertiary/aromatic N) is 1. The lowest BCUT2D eigenvalue weighted by molar-refractivity contribution is -0.120. The molecule has 142 valence electrons. The van der Waals surface area contributed by atoms with Gasteiger partial charge in [0.25, 0.3) is 5.91 Å². The highest BCUT2D eigenvalue weighted by atomic mass is 16.5. The minimum absolute atomic E-state index is 0.0392. The number of amides is 2. The first kappa shape index (κ1) is 20.0. The van der Waals surface area contributed by atoms with Gasteiger partial charge in [-0.15, -0.1) is 0 Å². The van der Waals surface area contributed by atoms with Gasteiger partial charge >= 0.3 is 5.97 Å². The van der Waals surface area contributed by atoms with Crippen LogP contribution in [0.2, 0.25) is 0 Å². The smallest absolute Gasteiger partial charge is 0.337 e. The van der Waals surface area contributed by atoms with Crippen LogP contribution < -0.4 is 15.4 Å². The number of hydrogen-bond donors (Lipinski definition) is 1. The van der Waals surface area contributed by atoms with Gasteiger partial charge in [-0.1, -0.05) is 24.3 Å². The number of nitrogens with two attached hydrogens (primary N) is 1. The van der Waals surface area contributed by atoms with E-state index in [9.17, 15) is 14.4 Å². The van der Waals surface area contributed by atoms with Gasteiger partial charge in [0.1, 0.15) is 5.75 Å². The maximum absolute atomic E-state index is 12.7. The van der Waals surface area contributed by atoms with Gasteiger partial charge in [0, 0.05) is 18.7 Å². The number of rotatable bonds is 8. The average Bonchev–Trinajstić information content (AvgIpc) is 2.67. The summed E-state index contributed by atoms with van der Waals surface area (Å²) >= 11 is 0. The van der Waals surface area contributed by atoms with Gasteiger partial charge in [0.05, 0.1) is 12.7 Å². The fourth-order valence-corrected chi connectivity index (χ4v) is 2.45. The lowest BCUT2D eigenvalue weighted by atomic mass is 10.1. The molecule has 0 aromatic heterocycles. The second-order valence-corrected chi connectivity index (χ2v) is 5.86. The lowest BCUT2D eigenvalue weighted by Gasteiger charge is -2.22. The molecular formula is C20H22N2O5. The fraction of sp³-hybridized carbons (Fsp3) is 0.250. The maximum atomic E-state index is 12.7. The first-order valence-electron chi connectivity index (χ1n) is 8.38. The summed E-state index contributed by atoms with van der Waals surface area (Å²) in [6.45, 7) is 1.71. The molecule has 0 saturated carbocycles. The zero-order chi connectivity index (χ0) is 19.8. The number of esters is 1. The number of carbonyl (C=O) groups is 3.